The lowest BCUT2D eigenvalue weighted by Gasteiger charge is -2.19. The van der Waals surface area contributed by atoms with Gasteiger partial charge in [-0.1, -0.05) is 27.7 Å². The minimum atomic E-state index is -0.813. The average Bonchev–Trinajstić information content (AvgIpc) is 2.03. The van der Waals surface area contributed by atoms with Gasteiger partial charge in [-0.25, -0.2) is 4.79 Å². The standard InChI is InChI=1S/C9H20N2O3/c1-5(2)7(10)13-9(12)14-8(11)6(3)4/h5-8H,10-11H2,1-4H3. The number of carbonyl (C=O) groups is 1. The molecule has 0 aliphatic carbocycles. The van der Waals surface area contributed by atoms with Gasteiger partial charge in [-0.3, -0.25) is 11.5 Å². The molecule has 0 saturated heterocycles. The van der Waals surface area contributed by atoms with Gasteiger partial charge in [0, 0.05) is 11.8 Å². The molecule has 0 rings (SSSR count). The second kappa shape index (κ2) is 5.82. The van der Waals surface area contributed by atoms with Crippen LogP contribution in [0.5, 0.6) is 0 Å². The van der Waals surface area contributed by atoms with Crippen molar-refractivity contribution in [2.24, 2.45) is 23.3 Å². The lowest BCUT2D eigenvalue weighted by atomic mass is 10.2. The lowest BCUT2D eigenvalue weighted by Crippen LogP contribution is -2.37. The number of hydrogen-bond acceptors (Lipinski definition) is 5. The van der Waals surface area contributed by atoms with Crippen LogP contribution >= 0.6 is 0 Å². The second-order valence-electron chi connectivity index (χ2n) is 3.90. The van der Waals surface area contributed by atoms with Crippen LogP contribution in [0.15, 0.2) is 0 Å². The molecule has 0 fully saturated rings. The van der Waals surface area contributed by atoms with Crippen molar-refractivity contribution < 1.29 is 14.3 Å². The molecule has 0 aliphatic heterocycles. The molecular formula is C9H20N2O3. The summed E-state index contributed by atoms with van der Waals surface area (Å²) < 4.78 is 9.54. The highest BCUT2D eigenvalue weighted by Crippen LogP contribution is 2.05. The summed E-state index contributed by atoms with van der Waals surface area (Å²) in [6.07, 6.45) is -2.11. The van der Waals surface area contributed by atoms with Crippen LogP contribution in [0.4, 0.5) is 4.79 Å². The molecule has 0 aromatic heterocycles. The summed E-state index contributed by atoms with van der Waals surface area (Å²) in [7, 11) is 0. The largest absolute Gasteiger partial charge is 0.511 e. The van der Waals surface area contributed by atoms with Gasteiger partial charge in [-0.15, -0.1) is 0 Å². The van der Waals surface area contributed by atoms with E-state index in [4.69, 9.17) is 20.9 Å². The van der Waals surface area contributed by atoms with E-state index in [9.17, 15) is 4.79 Å². The van der Waals surface area contributed by atoms with Crippen molar-refractivity contribution >= 4 is 6.16 Å². The molecule has 84 valence electrons. The smallest absolute Gasteiger partial charge is 0.415 e. The third-order valence-corrected chi connectivity index (χ3v) is 1.78. The average molecular weight is 204 g/mol. The van der Waals surface area contributed by atoms with E-state index >= 15 is 0 Å². The first-order valence-corrected chi connectivity index (χ1v) is 4.73. The van der Waals surface area contributed by atoms with Crippen LogP contribution in [0.3, 0.4) is 0 Å². The van der Waals surface area contributed by atoms with Gasteiger partial charge >= 0.3 is 6.16 Å². The van der Waals surface area contributed by atoms with E-state index < -0.39 is 18.6 Å². The second-order valence-corrected chi connectivity index (χ2v) is 3.90. The van der Waals surface area contributed by atoms with E-state index in [1.54, 1.807) is 0 Å². The summed E-state index contributed by atoms with van der Waals surface area (Å²) in [6.45, 7) is 7.39. The molecule has 2 atom stereocenters. The van der Waals surface area contributed by atoms with Crippen LogP contribution in [0.2, 0.25) is 0 Å². The van der Waals surface area contributed by atoms with Crippen LogP contribution < -0.4 is 11.5 Å². The summed E-state index contributed by atoms with van der Waals surface area (Å²) in [6, 6.07) is 0. The SMILES string of the molecule is CC(C)C(N)OC(=O)OC(N)C(C)C. The molecule has 0 aromatic rings. The number of hydrogen-bond donors (Lipinski definition) is 2. The zero-order valence-electron chi connectivity index (χ0n) is 9.19. The van der Waals surface area contributed by atoms with Crippen LogP contribution in [0.25, 0.3) is 0 Å². The molecule has 0 saturated carbocycles. The predicted molar refractivity (Wildman–Crippen MR) is 53.2 cm³/mol. The maximum atomic E-state index is 11.1. The van der Waals surface area contributed by atoms with Gasteiger partial charge in [-0.2, -0.15) is 0 Å². The van der Waals surface area contributed by atoms with Gasteiger partial charge in [0.15, 0.2) is 12.5 Å². The fourth-order valence-electron chi connectivity index (χ4n) is 0.522. The normalized spacial score (nSPS) is 15.4. The number of ether oxygens (including phenoxy) is 2. The Morgan fingerprint density at radius 1 is 0.929 bits per heavy atom. The molecule has 2 unspecified atom stereocenters. The molecule has 0 aliphatic rings. The summed E-state index contributed by atoms with van der Waals surface area (Å²) >= 11 is 0. The van der Waals surface area contributed by atoms with Crippen molar-refractivity contribution in [3.05, 3.63) is 0 Å². The minimum Gasteiger partial charge on any atom is -0.415 e. The van der Waals surface area contributed by atoms with Crippen LogP contribution in [-0.4, -0.2) is 18.6 Å². The van der Waals surface area contributed by atoms with Gasteiger partial charge in [0.1, 0.15) is 0 Å². The van der Waals surface area contributed by atoms with Crippen LogP contribution in [0, 0.1) is 11.8 Å². The first-order chi connectivity index (χ1) is 6.34. The van der Waals surface area contributed by atoms with Gasteiger partial charge in [-0.05, 0) is 0 Å². The molecule has 0 bridgehead atoms. The molecule has 0 radical (unpaired) electrons. The quantitative estimate of drug-likeness (QED) is 0.527. The van der Waals surface area contributed by atoms with Crippen molar-refractivity contribution in [2.45, 2.75) is 40.2 Å². The Hall–Kier alpha value is -0.810. The number of nitrogens with two attached hydrogens (primary N) is 2. The van der Waals surface area contributed by atoms with Crippen molar-refractivity contribution in [3.8, 4) is 0 Å². The van der Waals surface area contributed by atoms with Crippen molar-refractivity contribution in [2.75, 3.05) is 0 Å². The predicted octanol–water partition coefficient (Wildman–Crippen LogP) is 1.02. The number of rotatable bonds is 4. The van der Waals surface area contributed by atoms with Gasteiger partial charge < -0.3 is 9.47 Å². The molecule has 5 nitrogen and oxygen atoms in total. The molecular weight excluding hydrogens is 184 g/mol. The van der Waals surface area contributed by atoms with Crippen molar-refractivity contribution in [1.82, 2.24) is 0 Å². The topological polar surface area (TPSA) is 87.6 Å². The van der Waals surface area contributed by atoms with E-state index in [1.165, 1.54) is 0 Å². The van der Waals surface area contributed by atoms with Gasteiger partial charge in [0.05, 0.1) is 0 Å². The fraction of sp³-hybridized carbons (Fsp3) is 0.889. The maximum Gasteiger partial charge on any atom is 0.511 e. The molecule has 0 heterocycles. The van der Waals surface area contributed by atoms with E-state index in [-0.39, 0.29) is 11.8 Å². The van der Waals surface area contributed by atoms with E-state index in [0.29, 0.717) is 0 Å². The highest BCUT2D eigenvalue weighted by molar-refractivity contribution is 5.60. The molecule has 5 heteroatoms. The lowest BCUT2D eigenvalue weighted by molar-refractivity contribution is -0.0210. The van der Waals surface area contributed by atoms with E-state index in [0.717, 1.165) is 0 Å². The highest BCUT2D eigenvalue weighted by Gasteiger charge is 2.18. The third kappa shape index (κ3) is 5.04. The zero-order valence-corrected chi connectivity index (χ0v) is 9.19. The van der Waals surface area contributed by atoms with Crippen molar-refractivity contribution in [1.29, 1.82) is 0 Å². The Balaban J connectivity index is 3.87. The van der Waals surface area contributed by atoms with E-state index in [1.807, 2.05) is 27.7 Å². The van der Waals surface area contributed by atoms with Gasteiger partial charge in [0.25, 0.3) is 0 Å². The summed E-state index contributed by atoms with van der Waals surface area (Å²) in [5.74, 6) is 0.107. The van der Waals surface area contributed by atoms with Crippen molar-refractivity contribution in [3.63, 3.8) is 0 Å². The highest BCUT2D eigenvalue weighted by atomic mass is 16.7. The Morgan fingerprint density at radius 3 is 1.43 bits per heavy atom. The molecule has 0 spiro atoms. The first kappa shape index (κ1) is 13.2. The Bertz CT molecular complexity index is 165. The molecule has 14 heavy (non-hydrogen) atoms. The Morgan fingerprint density at radius 2 is 1.21 bits per heavy atom. The van der Waals surface area contributed by atoms with E-state index in [2.05, 4.69) is 0 Å². The fourth-order valence-corrected chi connectivity index (χ4v) is 0.522. The molecule has 4 N–H and O–H groups in total. The minimum absolute atomic E-state index is 0.0535. The Labute approximate surface area is 84.7 Å². The maximum absolute atomic E-state index is 11.1. The molecule has 0 aromatic carbocycles. The number of carbonyl (C=O) groups excluding carboxylic acids is 1. The summed E-state index contributed by atoms with van der Waals surface area (Å²) in [5.41, 5.74) is 11.0. The van der Waals surface area contributed by atoms with Crippen LogP contribution in [0.1, 0.15) is 27.7 Å². The monoisotopic (exact) mass is 204 g/mol. The Kier molecular flexibility index (Phi) is 5.49. The third-order valence-electron chi connectivity index (χ3n) is 1.78. The summed E-state index contributed by atoms with van der Waals surface area (Å²) in [5, 5.41) is 0. The zero-order chi connectivity index (χ0) is 11.3. The summed E-state index contributed by atoms with van der Waals surface area (Å²) in [4.78, 5) is 11.1. The van der Waals surface area contributed by atoms with Crippen LogP contribution in [-0.2, 0) is 9.47 Å². The molecule has 0 amide bonds. The first-order valence-electron chi connectivity index (χ1n) is 4.73. The van der Waals surface area contributed by atoms with Gasteiger partial charge in [0.2, 0.25) is 0 Å².